The fourth-order valence-corrected chi connectivity index (χ4v) is 2.42. The van der Waals surface area contributed by atoms with Crippen molar-refractivity contribution < 1.29 is 12.8 Å². The average Bonchev–Trinajstić information content (AvgIpc) is 2.29. The van der Waals surface area contributed by atoms with Crippen molar-refractivity contribution in [2.24, 2.45) is 0 Å². The molecule has 0 atom stereocenters. The second-order valence-corrected chi connectivity index (χ2v) is 5.33. The molecular weight excluding hydrogens is 243 g/mol. The second-order valence-electron chi connectivity index (χ2n) is 3.56. The van der Waals surface area contributed by atoms with E-state index >= 15 is 0 Å². The van der Waals surface area contributed by atoms with Crippen LogP contribution in [-0.2, 0) is 10.0 Å². The van der Waals surface area contributed by atoms with Crippen molar-refractivity contribution in [2.45, 2.75) is 18.2 Å². The zero-order valence-electron chi connectivity index (χ0n) is 9.74. The van der Waals surface area contributed by atoms with Gasteiger partial charge in [0.15, 0.2) is 0 Å². The van der Waals surface area contributed by atoms with Crippen LogP contribution in [0.2, 0.25) is 0 Å². The molecule has 0 radical (unpaired) electrons. The van der Waals surface area contributed by atoms with Crippen LogP contribution in [0.5, 0.6) is 0 Å². The molecule has 0 saturated carbocycles. The molecule has 0 saturated heterocycles. The number of benzene rings is 1. The highest BCUT2D eigenvalue weighted by Crippen LogP contribution is 2.09. The van der Waals surface area contributed by atoms with Crippen LogP contribution < -0.4 is 10.0 Å². The molecule has 0 spiro atoms. The summed E-state index contributed by atoms with van der Waals surface area (Å²) in [7, 11) is -3.59. The maximum Gasteiger partial charge on any atom is 0.240 e. The number of rotatable bonds is 7. The number of sulfonamides is 1. The molecule has 0 unspecified atom stereocenters. The largest absolute Gasteiger partial charge is 0.317 e. The van der Waals surface area contributed by atoms with E-state index in [4.69, 9.17) is 0 Å². The van der Waals surface area contributed by atoms with E-state index in [1.54, 1.807) is 0 Å². The van der Waals surface area contributed by atoms with Gasteiger partial charge in [0.05, 0.1) is 4.90 Å². The SMILES string of the molecule is CCNCCCNS(=O)(=O)c1cccc(F)c1. The Labute approximate surface area is 101 Å². The molecule has 6 heteroatoms. The lowest BCUT2D eigenvalue weighted by Crippen LogP contribution is -2.27. The lowest BCUT2D eigenvalue weighted by atomic mass is 10.4. The molecule has 4 nitrogen and oxygen atoms in total. The van der Waals surface area contributed by atoms with Crippen LogP contribution in [0.4, 0.5) is 4.39 Å². The predicted octanol–water partition coefficient (Wildman–Crippen LogP) is 1.10. The quantitative estimate of drug-likeness (QED) is 0.722. The highest BCUT2D eigenvalue weighted by Gasteiger charge is 2.13. The maximum atomic E-state index is 12.9. The van der Waals surface area contributed by atoms with E-state index in [0.717, 1.165) is 19.2 Å². The number of halogens is 1. The zero-order valence-corrected chi connectivity index (χ0v) is 10.6. The fraction of sp³-hybridized carbons (Fsp3) is 0.455. The summed E-state index contributed by atoms with van der Waals surface area (Å²) < 4.78 is 38.7. The first-order chi connectivity index (χ1) is 8.06. The third-order valence-corrected chi connectivity index (χ3v) is 3.64. The summed E-state index contributed by atoms with van der Waals surface area (Å²) in [4.78, 5) is -0.0408. The smallest absolute Gasteiger partial charge is 0.240 e. The minimum Gasteiger partial charge on any atom is -0.317 e. The van der Waals surface area contributed by atoms with E-state index < -0.39 is 15.8 Å². The summed E-state index contributed by atoms with van der Waals surface area (Å²) in [5.74, 6) is -0.555. The average molecular weight is 260 g/mol. The lowest BCUT2D eigenvalue weighted by Gasteiger charge is -2.06. The minimum absolute atomic E-state index is 0.0408. The highest BCUT2D eigenvalue weighted by molar-refractivity contribution is 7.89. The molecule has 0 aliphatic carbocycles. The van der Waals surface area contributed by atoms with Crippen LogP contribution in [0, 0.1) is 5.82 Å². The number of hydrogen-bond acceptors (Lipinski definition) is 3. The summed E-state index contributed by atoms with van der Waals surface area (Å²) in [6.45, 7) is 3.93. The van der Waals surface area contributed by atoms with Gasteiger partial charge in [-0.25, -0.2) is 17.5 Å². The molecule has 0 heterocycles. The van der Waals surface area contributed by atoms with Gasteiger partial charge in [-0.1, -0.05) is 13.0 Å². The van der Waals surface area contributed by atoms with E-state index in [0.29, 0.717) is 13.0 Å². The summed E-state index contributed by atoms with van der Waals surface area (Å²) in [5, 5.41) is 3.09. The van der Waals surface area contributed by atoms with Crippen molar-refractivity contribution in [3.8, 4) is 0 Å². The van der Waals surface area contributed by atoms with E-state index in [9.17, 15) is 12.8 Å². The van der Waals surface area contributed by atoms with Crippen LogP contribution in [0.25, 0.3) is 0 Å². The predicted molar refractivity (Wildman–Crippen MR) is 64.7 cm³/mol. The third kappa shape index (κ3) is 4.80. The normalized spacial score (nSPS) is 11.6. The van der Waals surface area contributed by atoms with Crippen molar-refractivity contribution in [1.29, 1.82) is 0 Å². The van der Waals surface area contributed by atoms with Crippen molar-refractivity contribution in [2.75, 3.05) is 19.6 Å². The molecule has 96 valence electrons. The van der Waals surface area contributed by atoms with Gasteiger partial charge < -0.3 is 5.32 Å². The Morgan fingerprint density at radius 1 is 1.29 bits per heavy atom. The van der Waals surface area contributed by atoms with Gasteiger partial charge in [0.2, 0.25) is 10.0 Å². The Bertz CT molecular complexity index is 449. The Morgan fingerprint density at radius 2 is 2.06 bits per heavy atom. The van der Waals surface area contributed by atoms with Gasteiger partial charge in [-0.05, 0) is 37.7 Å². The van der Waals surface area contributed by atoms with Gasteiger partial charge in [0.25, 0.3) is 0 Å². The summed E-state index contributed by atoms with van der Waals surface area (Å²) in [6, 6.07) is 4.97. The van der Waals surface area contributed by atoms with Gasteiger partial charge in [-0.2, -0.15) is 0 Å². The number of nitrogens with one attached hydrogen (secondary N) is 2. The molecule has 0 aliphatic rings. The molecule has 0 amide bonds. The molecule has 1 rings (SSSR count). The molecule has 2 N–H and O–H groups in total. The van der Waals surface area contributed by atoms with Crippen molar-refractivity contribution in [1.82, 2.24) is 10.0 Å². The summed E-state index contributed by atoms with van der Waals surface area (Å²) in [6.07, 6.45) is 0.697. The Morgan fingerprint density at radius 3 is 2.71 bits per heavy atom. The Hall–Kier alpha value is -0.980. The highest BCUT2D eigenvalue weighted by atomic mass is 32.2. The van der Waals surface area contributed by atoms with E-state index in [1.807, 2.05) is 6.92 Å². The van der Waals surface area contributed by atoms with Gasteiger partial charge >= 0.3 is 0 Å². The Kier molecular flexibility index (Phi) is 5.54. The van der Waals surface area contributed by atoms with E-state index in [1.165, 1.54) is 18.2 Å². The molecule has 1 aromatic carbocycles. The first-order valence-corrected chi connectivity index (χ1v) is 7.00. The topological polar surface area (TPSA) is 58.2 Å². The standard InChI is InChI=1S/C11H17FN2O2S/c1-2-13-7-4-8-14-17(15,16)11-6-3-5-10(12)9-11/h3,5-6,9,13-14H,2,4,7-8H2,1H3. The molecule has 0 aromatic heterocycles. The fourth-order valence-electron chi connectivity index (χ4n) is 1.31. The van der Waals surface area contributed by atoms with Crippen LogP contribution >= 0.6 is 0 Å². The van der Waals surface area contributed by atoms with Crippen LogP contribution in [0.1, 0.15) is 13.3 Å². The van der Waals surface area contributed by atoms with Crippen molar-refractivity contribution in [3.05, 3.63) is 30.1 Å². The van der Waals surface area contributed by atoms with Crippen LogP contribution in [0.3, 0.4) is 0 Å². The zero-order chi connectivity index (χ0) is 12.7. The molecule has 1 aromatic rings. The van der Waals surface area contributed by atoms with Crippen LogP contribution in [-0.4, -0.2) is 28.1 Å². The maximum absolute atomic E-state index is 12.9. The van der Waals surface area contributed by atoms with Gasteiger partial charge in [-0.15, -0.1) is 0 Å². The van der Waals surface area contributed by atoms with Crippen molar-refractivity contribution >= 4 is 10.0 Å². The molecule has 0 fully saturated rings. The van der Waals surface area contributed by atoms with Crippen molar-refractivity contribution in [3.63, 3.8) is 0 Å². The minimum atomic E-state index is -3.59. The molecule has 0 bridgehead atoms. The van der Waals surface area contributed by atoms with Gasteiger partial charge in [-0.3, -0.25) is 0 Å². The molecule has 17 heavy (non-hydrogen) atoms. The van der Waals surface area contributed by atoms with Crippen LogP contribution in [0.15, 0.2) is 29.2 Å². The van der Waals surface area contributed by atoms with Gasteiger partial charge in [0.1, 0.15) is 5.82 Å². The first kappa shape index (κ1) is 14.1. The summed E-state index contributed by atoms with van der Waals surface area (Å²) in [5.41, 5.74) is 0. The molecule has 0 aliphatic heterocycles. The summed E-state index contributed by atoms with van der Waals surface area (Å²) >= 11 is 0. The second kappa shape index (κ2) is 6.68. The Balaban J connectivity index is 2.51. The van der Waals surface area contributed by atoms with E-state index in [-0.39, 0.29) is 4.90 Å². The molecular formula is C11H17FN2O2S. The monoisotopic (exact) mass is 260 g/mol. The first-order valence-electron chi connectivity index (χ1n) is 5.52. The number of hydrogen-bond donors (Lipinski definition) is 2. The van der Waals surface area contributed by atoms with Gasteiger partial charge in [0, 0.05) is 6.54 Å². The lowest BCUT2D eigenvalue weighted by molar-refractivity contribution is 0.572. The third-order valence-electron chi connectivity index (χ3n) is 2.18. The van der Waals surface area contributed by atoms with E-state index in [2.05, 4.69) is 10.0 Å².